The van der Waals surface area contributed by atoms with E-state index in [9.17, 15) is 0 Å². The minimum Gasteiger partial charge on any atom is -0.359 e. The highest BCUT2D eigenvalue weighted by atomic mass is 32.1. The van der Waals surface area contributed by atoms with Gasteiger partial charge in [0, 0.05) is 47.8 Å². The summed E-state index contributed by atoms with van der Waals surface area (Å²) in [5.41, 5.74) is 8.10. The van der Waals surface area contributed by atoms with Crippen molar-refractivity contribution in [2.45, 2.75) is 6.04 Å². The van der Waals surface area contributed by atoms with Gasteiger partial charge in [-0.3, -0.25) is 0 Å². The summed E-state index contributed by atoms with van der Waals surface area (Å²) in [6.45, 7) is 0. The summed E-state index contributed by atoms with van der Waals surface area (Å²) in [4.78, 5) is 5.18. The van der Waals surface area contributed by atoms with Gasteiger partial charge in [-0.1, -0.05) is 115 Å². The molecule has 0 saturated carbocycles. The predicted molar refractivity (Wildman–Crippen MR) is 213 cm³/mol. The lowest BCUT2D eigenvalue weighted by molar-refractivity contribution is 0.756. The largest absolute Gasteiger partial charge is 0.359 e. The Morgan fingerprint density at radius 3 is 1.84 bits per heavy atom. The smallest absolute Gasteiger partial charge is 0.134 e. The van der Waals surface area contributed by atoms with Crippen LogP contribution in [-0.2, 0) is 0 Å². The number of aliphatic imine (C=N–C) groups is 1. The molecule has 1 aliphatic heterocycles. The molecular weight excluding hydrogens is 627 g/mol. The van der Waals surface area contributed by atoms with Gasteiger partial charge in [-0.05, 0) is 75.6 Å². The second kappa shape index (κ2) is 10.6. The first-order chi connectivity index (χ1) is 24.8. The molecule has 10 aromatic rings. The summed E-state index contributed by atoms with van der Waals surface area (Å²) < 4.78 is 5.06. The Balaban J connectivity index is 1.06. The zero-order valence-electron chi connectivity index (χ0n) is 27.0. The van der Waals surface area contributed by atoms with Crippen LogP contribution in [-0.4, -0.2) is 10.4 Å². The van der Waals surface area contributed by atoms with E-state index < -0.39 is 0 Å². The molecule has 0 bridgehead atoms. The summed E-state index contributed by atoms with van der Waals surface area (Å²) in [6.07, 6.45) is 0. The van der Waals surface area contributed by atoms with Gasteiger partial charge in [0.1, 0.15) is 5.84 Å². The van der Waals surface area contributed by atoms with Crippen molar-refractivity contribution in [3.05, 3.63) is 180 Å². The fourth-order valence-corrected chi connectivity index (χ4v) is 9.43. The molecule has 0 aliphatic carbocycles. The number of hydrogen-bond acceptors (Lipinski definition) is 3. The highest BCUT2D eigenvalue weighted by Gasteiger charge is 2.26. The number of hydrogen-bond donors (Lipinski definition) is 1. The first-order valence-electron chi connectivity index (χ1n) is 17.1. The number of amidine groups is 1. The molecule has 4 heteroatoms. The van der Waals surface area contributed by atoms with Crippen LogP contribution in [0.1, 0.15) is 22.7 Å². The van der Waals surface area contributed by atoms with Crippen molar-refractivity contribution < 1.29 is 0 Å². The van der Waals surface area contributed by atoms with Gasteiger partial charge in [-0.2, -0.15) is 0 Å². The Bertz CT molecular complexity index is 2930. The average Bonchev–Trinajstić information content (AvgIpc) is 3.74. The first-order valence-corrected chi connectivity index (χ1v) is 17.9. The molecule has 3 heterocycles. The van der Waals surface area contributed by atoms with E-state index in [1.54, 1.807) is 0 Å². The van der Waals surface area contributed by atoms with Crippen molar-refractivity contribution in [1.82, 2.24) is 9.88 Å². The van der Waals surface area contributed by atoms with Gasteiger partial charge in [0.2, 0.25) is 0 Å². The molecule has 11 rings (SSSR count). The Labute approximate surface area is 292 Å². The van der Waals surface area contributed by atoms with Crippen LogP contribution in [0.15, 0.2) is 169 Å². The van der Waals surface area contributed by atoms with E-state index in [1.807, 2.05) is 11.3 Å². The third-order valence-electron chi connectivity index (χ3n) is 10.5. The molecule has 0 saturated heterocycles. The highest BCUT2D eigenvalue weighted by Crippen LogP contribution is 2.43. The van der Waals surface area contributed by atoms with Gasteiger partial charge in [0.25, 0.3) is 0 Å². The molecular formula is C46H29N3S. The van der Waals surface area contributed by atoms with E-state index in [4.69, 9.17) is 4.99 Å². The maximum absolute atomic E-state index is 5.18. The summed E-state index contributed by atoms with van der Waals surface area (Å²) >= 11 is 1.87. The molecule has 0 amide bonds. The van der Waals surface area contributed by atoms with E-state index in [1.165, 1.54) is 74.6 Å². The minimum atomic E-state index is -0.0194. The lowest BCUT2D eigenvalue weighted by Gasteiger charge is -2.28. The lowest BCUT2D eigenvalue weighted by Crippen LogP contribution is -2.32. The molecule has 0 radical (unpaired) electrons. The standard InChI is InChI=1S/C46H29N3S/c1-3-12-32-28(10-1)22-26-39-42(32)43-33-13-4-2-11-29(33)23-27-40(43)49(39)31-24-20-30(21-25-31)46-47-38-18-7-5-15-36(38)44(48-46)37-17-9-16-35-34-14-6-8-19-41(34)50-45(35)37/h1-27,44H,(H,47,48). The van der Waals surface area contributed by atoms with E-state index >= 15 is 0 Å². The monoisotopic (exact) mass is 655 g/mol. The van der Waals surface area contributed by atoms with Crippen molar-refractivity contribution in [1.29, 1.82) is 0 Å². The van der Waals surface area contributed by atoms with Crippen LogP contribution in [0.4, 0.5) is 5.69 Å². The van der Waals surface area contributed by atoms with Gasteiger partial charge in [0.05, 0.1) is 22.8 Å². The molecule has 3 nitrogen and oxygen atoms in total. The summed E-state index contributed by atoms with van der Waals surface area (Å²) in [7, 11) is 0. The van der Waals surface area contributed by atoms with Crippen LogP contribution in [0.2, 0.25) is 0 Å². The van der Waals surface area contributed by atoms with Crippen molar-refractivity contribution in [3.63, 3.8) is 0 Å². The van der Waals surface area contributed by atoms with Crippen LogP contribution in [0, 0.1) is 0 Å². The van der Waals surface area contributed by atoms with Gasteiger partial charge in [-0.25, -0.2) is 4.99 Å². The Morgan fingerprint density at radius 1 is 0.500 bits per heavy atom. The summed E-state index contributed by atoms with van der Waals surface area (Å²) in [6, 6.07) is 59.4. The van der Waals surface area contributed by atoms with Crippen molar-refractivity contribution in [3.8, 4) is 5.69 Å². The molecule has 8 aromatic carbocycles. The SMILES string of the molecule is c1ccc2c(c1)N=C(c1ccc(-n3c4ccc5ccccc5c4c4c5ccccc5ccc43)cc1)NC2c1cccc2c1sc1ccccc12. The number of nitrogens with one attached hydrogen (secondary N) is 1. The lowest BCUT2D eigenvalue weighted by atomic mass is 9.94. The number of nitrogens with zero attached hydrogens (tertiary/aromatic N) is 2. The van der Waals surface area contributed by atoms with Gasteiger partial charge >= 0.3 is 0 Å². The number of aromatic nitrogens is 1. The Kier molecular flexibility index (Phi) is 5.89. The second-order valence-electron chi connectivity index (χ2n) is 13.2. The molecule has 0 fully saturated rings. The predicted octanol–water partition coefficient (Wildman–Crippen LogP) is 12.2. The molecule has 1 N–H and O–H groups in total. The summed E-state index contributed by atoms with van der Waals surface area (Å²) in [5.74, 6) is 0.887. The molecule has 1 aliphatic rings. The Morgan fingerprint density at radius 2 is 1.10 bits per heavy atom. The summed E-state index contributed by atoms with van der Waals surface area (Å²) in [5, 5.41) is 14.2. The van der Waals surface area contributed by atoms with Crippen molar-refractivity contribution in [2.75, 3.05) is 0 Å². The molecule has 234 valence electrons. The molecule has 50 heavy (non-hydrogen) atoms. The topological polar surface area (TPSA) is 29.3 Å². The average molecular weight is 656 g/mol. The zero-order valence-corrected chi connectivity index (χ0v) is 27.8. The van der Waals surface area contributed by atoms with Crippen molar-refractivity contribution in [2.24, 2.45) is 4.99 Å². The van der Waals surface area contributed by atoms with Crippen LogP contribution >= 0.6 is 11.3 Å². The maximum Gasteiger partial charge on any atom is 0.134 e. The Hall–Kier alpha value is -6.23. The van der Waals surface area contributed by atoms with Gasteiger partial charge in [0.15, 0.2) is 0 Å². The minimum absolute atomic E-state index is 0.0194. The number of thiophene rings is 1. The third-order valence-corrected chi connectivity index (χ3v) is 11.7. The first kappa shape index (κ1) is 27.7. The molecule has 2 aromatic heterocycles. The number of para-hydroxylation sites is 1. The number of fused-ring (bicyclic) bond motifs is 11. The van der Waals surface area contributed by atoms with E-state index in [2.05, 4.69) is 174 Å². The van der Waals surface area contributed by atoms with Crippen LogP contribution < -0.4 is 5.32 Å². The van der Waals surface area contributed by atoms with Crippen LogP contribution in [0.25, 0.3) is 69.2 Å². The third kappa shape index (κ3) is 4.00. The van der Waals surface area contributed by atoms with E-state index in [0.717, 1.165) is 22.8 Å². The second-order valence-corrected chi connectivity index (χ2v) is 14.2. The van der Waals surface area contributed by atoms with Crippen LogP contribution in [0.3, 0.4) is 0 Å². The van der Waals surface area contributed by atoms with Gasteiger partial charge in [-0.15, -0.1) is 11.3 Å². The van der Waals surface area contributed by atoms with E-state index in [0.29, 0.717) is 0 Å². The van der Waals surface area contributed by atoms with Crippen molar-refractivity contribution >= 4 is 86.4 Å². The van der Waals surface area contributed by atoms with Crippen LogP contribution in [0.5, 0.6) is 0 Å². The van der Waals surface area contributed by atoms with Gasteiger partial charge < -0.3 is 9.88 Å². The maximum atomic E-state index is 5.18. The fourth-order valence-electron chi connectivity index (χ4n) is 8.18. The van der Waals surface area contributed by atoms with E-state index in [-0.39, 0.29) is 6.04 Å². The number of benzene rings is 8. The fraction of sp³-hybridized carbons (Fsp3) is 0.0217. The molecule has 0 spiro atoms. The highest BCUT2D eigenvalue weighted by molar-refractivity contribution is 7.26. The quantitative estimate of drug-likeness (QED) is 0.202. The molecule has 1 atom stereocenters. The molecule has 1 unspecified atom stereocenters. The zero-order chi connectivity index (χ0) is 32.8. The normalized spacial score (nSPS) is 14.5. The number of rotatable bonds is 3.